The summed E-state index contributed by atoms with van der Waals surface area (Å²) < 4.78 is 5.13. The molecule has 0 amide bonds. The van der Waals surface area contributed by atoms with Crippen molar-refractivity contribution in [2.75, 3.05) is 6.61 Å². The lowest BCUT2D eigenvalue weighted by Gasteiger charge is -2.01. The number of hydrogen-bond donors (Lipinski definition) is 0. The Labute approximate surface area is 82.5 Å². The third-order valence-corrected chi connectivity index (χ3v) is 1.70. The Bertz CT molecular complexity index is 297. The van der Waals surface area contributed by atoms with Crippen molar-refractivity contribution >= 4 is 17.4 Å². The van der Waals surface area contributed by atoms with Gasteiger partial charge in [-0.1, -0.05) is 23.7 Å². The summed E-state index contributed by atoms with van der Waals surface area (Å²) in [5, 5.41) is 0.684. The van der Waals surface area contributed by atoms with Crippen LogP contribution in [0.25, 0.3) is 0 Å². The number of carbonyl (C=O) groups is 1. The number of carbonyl (C=O) groups excluding carboxylic acids is 1. The van der Waals surface area contributed by atoms with E-state index in [1.807, 2.05) is 18.2 Å². The minimum atomic E-state index is 0.0297. The maximum Gasteiger partial charge on any atom is 0.155 e. The van der Waals surface area contributed by atoms with Crippen molar-refractivity contribution in [2.45, 2.75) is 13.5 Å². The van der Waals surface area contributed by atoms with E-state index in [0.29, 0.717) is 11.6 Å². The van der Waals surface area contributed by atoms with Gasteiger partial charge in [0.2, 0.25) is 0 Å². The molecule has 0 aliphatic rings. The molecule has 0 aromatic heterocycles. The summed E-state index contributed by atoms with van der Waals surface area (Å²) in [6.07, 6.45) is 0. The van der Waals surface area contributed by atoms with Crippen LogP contribution in [0.15, 0.2) is 24.3 Å². The molecule has 0 aliphatic heterocycles. The third-order valence-electron chi connectivity index (χ3n) is 1.46. The van der Waals surface area contributed by atoms with Gasteiger partial charge in [-0.3, -0.25) is 4.79 Å². The maximum absolute atomic E-state index is 10.5. The van der Waals surface area contributed by atoms with Crippen LogP contribution in [0.3, 0.4) is 0 Å². The van der Waals surface area contributed by atoms with Crippen LogP contribution in [-0.2, 0) is 16.1 Å². The fourth-order valence-electron chi connectivity index (χ4n) is 0.939. The van der Waals surface area contributed by atoms with E-state index in [-0.39, 0.29) is 12.4 Å². The van der Waals surface area contributed by atoms with Gasteiger partial charge in [0.1, 0.15) is 6.61 Å². The topological polar surface area (TPSA) is 26.3 Å². The Hall–Kier alpha value is -0.860. The van der Waals surface area contributed by atoms with Crippen molar-refractivity contribution in [2.24, 2.45) is 0 Å². The Balaban J connectivity index is 2.41. The van der Waals surface area contributed by atoms with Crippen molar-refractivity contribution in [1.82, 2.24) is 0 Å². The number of benzene rings is 1. The first-order valence-corrected chi connectivity index (χ1v) is 4.38. The highest BCUT2D eigenvalue weighted by atomic mass is 35.5. The third kappa shape index (κ3) is 4.06. The summed E-state index contributed by atoms with van der Waals surface area (Å²) in [5.74, 6) is 0.0297. The van der Waals surface area contributed by atoms with E-state index >= 15 is 0 Å². The largest absolute Gasteiger partial charge is 0.369 e. The number of ether oxygens (including phenoxy) is 1. The van der Waals surface area contributed by atoms with Gasteiger partial charge in [0.15, 0.2) is 5.78 Å². The van der Waals surface area contributed by atoms with Crippen LogP contribution >= 0.6 is 11.6 Å². The first-order valence-electron chi connectivity index (χ1n) is 4.00. The molecule has 0 bridgehead atoms. The van der Waals surface area contributed by atoms with E-state index in [2.05, 4.69) is 0 Å². The number of rotatable bonds is 4. The van der Waals surface area contributed by atoms with E-state index in [9.17, 15) is 4.79 Å². The second kappa shape index (κ2) is 5.00. The van der Waals surface area contributed by atoms with Crippen LogP contribution in [-0.4, -0.2) is 12.4 Å². The fourth-order valence-corrected chi connectivity index (χ4v) is 1.15. The zero-order valence-electron chi connectivity index (χ0n) is 7.42. The van der Waals surface area contributed by atoms with Gasteiger partial charge in [-0.25, -0.2) is 0 Å². The van der Waals surface area contributed by atoms with Crippen LogP contribution in [0.2, 0.25) is 5.02 Å². The molecular formula is C10H11ClO2. The van der Waals surface area contributed by atoms with Crippen molar-refractivity contribution in [3.8, 4) is 0 Å². The Morgan fingerprint density at radius 1 is 1.54 bits per heavy atom. The molecule has 0 N–H and O–H groups in total. The smallest absolute Gasteiger partial charge is 0.155 e. The Kier molecular flexibility index (Phi) is 3.93. The average Bonchev–Trinajstić information content (AvgIpc) is 2.03. The van der Waals surface area contributed by atoms with Gasteiger partial charge >= 0.3 is 0 Å². The summed E-state index contributed by atoms with van der Waals surface area (Å²) in [6, 6.07) is 7.39. The number of ketones is 1. The normalized spacial score (nSPS) is 10.0. The average molecular weight is 199 g/mol. The van der Waals surface area contributed by atoms with E-state index in [1.165, 1.54) is 6.92 Å². The highest BCUT2D eigenvalue weighted by molar-refractivity contribution is 6.30. The molecule has 1 aromatic carbocycles. The van der Waals surface area contributed by atoms with Crippen molar-refractivity contribution < 1.29 is 9.53 Å². The van der Waals surface area contributed by atoms with Crippen LogP contribution < -0.4 is 0 Å². The molecule has 13 heavy (non-hydrogen) atoms. The molecule has 70 valence electrons. The van der Waals surface area contributed by atoms with Crippen LogP contribution in [0.4, 0.5) is 0 Å². The lowest BCUT2D eigenvalue weighted by atomic mass is 10.2. The van der Waals surface area contributed by atoms with Crippen molar-refractivity contribution in [1.29, 1.82) is 0 Å². The van der Waals surface area contributed by atoms with Gasteiger partial charge < -0.3 is 4.74 Å². The predicted molar refractivity (Wildman–Crippen MR) is 51.8 cm³/mol. The summed E-state index contributed by atoms with van der Waals surface area (Å²) in [5.41, 5.74) is 0.980. The van der Waals surface area contributed by atoms with Gasteiger partial charge in [-0.05, 0) is 24.6 Å². The second-order valence-corrected chi connectivity index (χ2v) is 3.26. The van der Waals surface area contributed by atoms with Gasteiger partial charge in [0, 0.05) is 5.02 Å². The highest BCUT2D eigenvalue weighted by Gasteiger charge is 1.96. The second-order valence-electron chi connectivity index (χ2n) is 2.82. The summed E-state index contributed by atoms with van der Waals surface area (Å²) in [7, 11) is 0. The van der Waals surface area contributed by atoms with E-state index < -0.39 is 0 Å². The van der Waals surface area contributed by atoms with Crippen LogP contribution in [0.5, 0.6) is 0 Å². The summed E-state index contributed by atoms with van der Waals surface area (Å²) in [6.45, 7) is 2.09. The van der Waals surface area contributed by atoms with Crippen LogP contribution in [0.1, 0.15) is 12.5 Å². The quantitative estimate of drug-likeness (QED) is 0.743. The molecule has 0 atom stereocenters. The zero-order chi connectivity index (χ0) is 9.68. The first kappa shape index (κ1) is 10.2. The van der Waals surface area contributed by atoms with Crippen LogP contribution in [0, 0.1) is 0 Å². The number of hydrogen-bond acceptors (Lipinski definition) is 2. The Morgan fingerprint density at radius 2 is 2.31 bits per heavy atom. The summed E-state index contributed by atoms with van der Waals surface area (Å²) >= 11 is 5.76. The Morgan fingerprint density at radius 3 is 2.92 bits per heavy atom. The minimum absolute atomic E-state index is 0.0297. The van der Waals surface area contributed by atoms with Gasteiger partial charge in [0.25, 0.3) is 0 Å². The van der Waals surface area contributed by atoms with Gasteiger partial charge in [0.05, 0.1) is 6.61 Å². The SMILES string of the molecule is CC(=O)COCc1cccc(Cl)c1. The maximum atomic E-state index is 10.5. The van der Waals surface area contributed by atoms with Gasteiger partial charge in [-0.2, -0.15) is 0 Å². The molecule has 1 aromatic rings. The highest BCUT2D eigenvalue weighted by Crippen LogP contribution is 2.11. The molecule has 0 saturated carbocycles. The number of Topliss-reactive ketones (excluding diaryl/α,β-unsaturated/α-hetero) is 1. The molecule has 0 fully saturated rings. The lowest BCUT2D eigenvalue weighted by Crippen LogP contribution is -2.03. The molecule has 0 heterocycles. The molecule has 0 radical (unpaired) electrons. The van der Waals surface area contributed by atoms with Gasteiger partial charge in [-0.15, -0.1) is 0 Å². The van der Waals surface area contributed by atoms with E-state index in [0.717, 1.165) is 5.56 Å². The molecule has 0 saturated heterocycles. The molecular weight excluding hydrogens is 188 g/mol. The zero-order valence-corrected chi connectivity index (χ0v) is 8.17. The van der Waals surface area contributed by atoms with Crippen molar-refractivity contribution in [3.63, 3.8) is 0 Å². The monoisotopic (exact) mass is 198 g/mol. The first-order chi connectivity index (χ1) is 6.18. The minimum Gasteiger partial charge on any atom is -0.369 e. The predicted octanol–water partition coefficient (Wildman–Crippen LogP) is 2.45. The molecule has 1 rings (SSSR count). The molecule has 0 unspecified atom stereocenters. The molecule has 2 nitrogen and oxygen atoms in total. The lowest BCUT2D eigenvalue weighted by molar-refractivity contribution is -0.121. The summed E-state index contributed by atoms with van der Waals surface area (Å²) in [4.78, 5) is 10.5. The van der Waals surface area contributed by atoms with Crippen molar-refractivity contribution in [3.05, 3.63) is 34.9 Å². The fraction of sp³-hybridized carbons (Fsp3) is 0.300. The standard InChI is InChI=1S/C10H11ClO2/c1-8(12)6-13-7-9-3-2-4-10(11)5-9/h2-5H,6-7H2,1H3. The molecule has 0 aliphatic carbocycles. The van der Waals surface area contributed by atoms with E-state index in [4.69, 9.17) is 16.3 Å². The molecule has 0 spiro atoms. The molecule has 3 heteroatoms. The number of halogens is 1. The van der Waals surface area contributed by atoms with E-state index in [1.54, 1.807) is 6.07 Å².